The summed E-state index contributed by atoms with van der Waals surface area (Å²) in [5, 5.41) is 25.4. The Bertz CT molecular complexity index is 1520. The zero-order valence-electron chi connectivity index (χ0n) is 18.0. The average Bonchev–Trinajstić information content (AvgIpc) is 3.50. The summed E-state index contributed by atoms with van der Waals surface area (Å²) in [5.41, 5.74) is 8.46. The molecule has 0 saturated carbocycles. The molecular formula is C27H22N4O2. The molecule has 33 heavy (non-hydrogen) atoms. The summed E-state index contributed by atoms with van der Waals surface area (Å²) >= 11 is 0. The summed E-state index contributed by atoms with van der Waals surface area (Å²) in [4.78, 5) is 10.9. The van der Waals surface area contributed by atoms with Crippen LogP contribution in [0, 0.1) is 0 Å². The summed E-state index contributed by atoms with van der Waals surface area (Å²) in [6.07, 6.45) is 7.23. The first kappa shape index (κ1) is 20.5. The lowest BCUT2D eigenvalue weighted by atomic mass is 9.87. The highest BCUT2D eigenvalue weighted by Crippen LogP contribution is 2.36. The van der Waals surface area contributed by atoms with Gasteiger partial charge in [-0.25, -0.2) is 4.79 Å². The number of carboxylic acid groups (broad SMARTS) is 1. The molecule has 0 atom stereocenters. The van der Waals surface area contributed by atoms with Crippen LogP contribution in [-0.2, 0) is 4.79 Å². The van der Waals surface area contributed by atoms with Crippen LogP contribution in [0.15, 0.2) is 79.1 Å². The first-order chi connectivity index (χ1) is 16.1. The highest BCUT2D eigenvalue weighted by atomic mass is 16.4. The summed E-state index contributed by atoms with van der Waals surface area (Å²) in [7, 11) is 0. The summed E-state index contributed by atoms with van der Waals surface area (Å²) in [6, 6.07) is 20.6. The molecule has 0 saturated heterocycles. The molecule has 0 radical (unpaired) electrons. The van der Waals surface area contributed by atoms with Gasteiger partial charge >= 0.3 is 5.97 Å². The van der Waals surface area contributed by atoms with Gasteiger partial charge in [0.05, 0.1) is 23.4 Å². The number of aliphatic carboxylic acids is 1. The van der Waals surface area contributed by atoms with Crippen LogP contribution in [0.4, 0.5) is 0 Å². The lowest BCUT2D eigenvalue weighted by Crippen LogP contribution is -1.95. The number of carboxylic acids is 1. The Labute approximate surface area is 190 Å². The number of H-pyrrole nitrogens is 2. The second-order valence-corrected chi connectivity index (χ2v) is 7.84. The van der Waals surface area contributed by atoms with Gasteiger partial charge in [0.15, 0.2) is 0 Å². The normalized spacial score (nSPS) is 12.5. The molecular weight excluding hydrogens is 412 g/mol. The van der Waals surface area contributed by atoms with Crippen molar-refractivity contribution in [2.24, 2.45) is 0 Å². The van der Waals surface area contributed by atoms with E-state index in [9.17, 15) is 4.79 Å². The molecule has 6 heteroatoms. The maximum absolute atomic E-state index is 10.9. The molecule has 0 aliphatic carbocycles. The quantitative estimate of drug-likeness (QED) is 0.229. The smallest absolute Gasteiger partial charge is 0.328 e. The van der Waals surface area contributed by atoms with E-state index in [0.717, 1.165) is 62.1 Å². The van der Waals surface area contributed by atoms with E-state index in [2.05, 4.69) is 57.7 Å². The number of aromatic amines is 2. The van der Waals surface area contributed by atoms with E-state index in [4.69, 9.17) is 5.11 Å². The minimum absolute atomic E-state index is 0.832. The van der Waals surface area contributed by atoms with Gasteiger partial charge in [-0.15, -0.1) is 0 Å². The van der Waals surface area contributed by atoms with Crippen LogP contribution in [-0.4, -0.2) is 31.5 Å². The number of carbonyl (C=O) groups is 1. The first-order valence-corrected chi connectivity index (χ1v) is 10.7. The van der Waals surface area contributed by atoms with Gasteiger partial charge in [0.2, 0.25) is 0 Å². The lowest BCUT2D eigenvalue weighted by molar-refractivity contribution is -0.131. The third kappa shape index (κ3) is 4.06. The Hall–Kier alpha value is -4.45. The first-order valence-electron chi connectivity index (χ1n) is 10.7. The SMILES string of the molecule is CCC(=C(c1ccc(C=CC(=O)O)cc1)c1ccc2[nH]ncc2c1)c1ccc2cn[nH]c2c1. The van der Waals surface area contributed by atoms with Crippen LogP contribution in [0.1, 0.15) is 35.6 Å². The molecule has 0 spiro atoms. The fourth-order valence-corrected chi connectivity index (χ4v) is 4.19. The minimum Gasteiger partial charge on any atom is -0.478 e. The molecule has 5 rings (SSSR count). The number of fused-ring (bicyclic) bond motifs is 2. The Kier molecular flexibility index (Phi) is 5.32. The van der Waals surface area contributed by atoms with E-state index in [0.29, 0.717) is 0 Å². The maximum atomic E-state index is 10.9. The molecule has 0 amide bonds. The largest absolute Gasteiger partial charge is 0.478 e. The molecule has 3 aromatic carbocycles. The fraction of sp³-hybridized carbons (Fsp3) is 0.0741. The van der Waals surface area contributed by atoms with Crippen LogP contribution >= 0.6 is 0 Å². The van der Waals surface area contributed by atoms with Gasteiger partial charge in [-0.1, -0.05) is 49.4 Å². The molecule has 0 fully saturated rings. The van der Waals surface area contributed by atoms with E-state index in [1.54, 1.807) is 6.08 Å². The Morgan fingerprint density at radius 1 is 0.848 bits per heavy atom. The number of allylic oxidation sites excluding steroid dienone is 1. The Balaban J connectivity index is 1.71. The molecule has 6 nitrogen and oxygen atoms in total. The number of aromatic nitrogens is 4. The highest BCUT2D eigenvalue weighted by Gasteiger charge is 2.15. The summed E-state index contributed by atoms with van der Waals surface area (Å²) in [6.45, 7) is 2.16. The molecule has 0 unspecified atom stereocenters. The van der Waals surface area contributed by atoms with Crippen molar-refractivity contribution in [1.29, 1.82) is 0 Å². The highest BCUT2D eigenvalue weighted by molar-refractivity contribution is 6.01. The van der Waals surface area contributed by atoms with Crippen molar-refractivity contribution in [3.8, 4) is 0 Å². The molecule has 0 aliphatic rings. The molecule has 5 aromatic rings. The van der Waals surface area contributed by atoms with Gasteiger partial charge < -0.3 is 5.11 Å². The van der Waals surface area contributed by atoms with Crippen molar-refractivity contribution in [1.82, 2.24) is 20.4 Å². The van der Waals surface area contributed by atoms with Crippen LogP contribution in [0.25, 0.3) is 39.0 Å². The van der Waals surface area contributed by atoms with Crippen LogP contribution in [0.3, 0.4) is 0 Å². The van der Waals surface area contributed by atoms with E-state index < -0.39 is 5.97 Å². The Morgan fingerprint density at radius 3 is 2.30 bits per heavy atom. The monoisotopic (exact) mass is 434 g/mol. The molecule has 0 aliphatic heterocycles. The number of nitrogens with zero attached hydrogens (tertiary/aromatic N) is 2. The third-order valence-corrected chi connectivity index (χ3v) is 5.79. The van der Waals surface area contributed by atoms with E-state index in [1.807, 2.05) is 42.7 Å². The van der Waals surface area contributed by atoms with Gasteiger partial charge in [-0.3, -0.25) is 10.2 Å². The number of rotatable bonds is 6. The molecule has 162 valence electrons. The van der Waals surface area contributed by atoms with E-state index in [-0.39, 0.29) is 0 Å². The van der Waals surface area contributed by atoms with E-state index in [1.165, 1.54) is 5.57 Å². The lowest BCUT2D eigenvalue weighted by Gasteiger charge is -2.17. The van der Waals surface area contributed by atoms with Crippen molar-refractivity contribution in [2.45, 2.75) is 13.3 Å². The Morgan fingerprint density at radius 2 is 1.55 bits per heavy atom. The molecule has 0 bridgehead atoms. The van der Waals surface area contributed by atoms with Crippen molar-refractivity contribution >= 4 is 45.0 Å². The van der Waals surface area contributed by atoms with E-state index >= 15 is 0 Å². The predicted molar refractivity (Wildman–Crippen MR) is 132 cm³/mol. The topological polar surface area (TPSA) is 94.7 Å². The second kappa shape index (κ2) is 8.59. The molecule has 2 aromatic heterocycles. The molecule has 3 N–H and O–H groups in total. The van der Waals surface area contributed by atoms with Crippen molar-refractivity contribution in [2.75, 3.05) is 0 Å². The van der Waals surface area contributed by atoms with Crippen LogP contribution in [0.2, 0.25) is 0 Å². The average molecular weight is 434 g/mol. The van der Waals surface area contributed by atoms with Crippen molar-refractivity contribution in [3.63, 3.8) is 0 Å². The molecule has 2 heterocycles. The second-order valence-electron chi connectivity index (χ2n) is 7.84. The van der Waals surface area contributed by atoms with Gasteiger partial charge in [-0.2, -0.15) is 10.2 Å². The number of hydrogen-bond acceptors (Lipinski definition) is 3. The summed E-state index contributed by atoms with van der Waals surface area (Å²) < 4.78 is 0. The maximum Gasteiger partial charge on any atom is 0.328 e. The van der Waals surface area contributed by atoms with Crippen LogP contribution < -0.4 is 0 Å². The predicted octanol–water partition coefficient (Wildman–Crippen LogP) is 5.91. The van der Waals surface area contributed by atoms with Crippen LogP contribution in [0.5, 0.6) is 0 Å². The number of benzene rings is 3. The zero-order chi connectivity index (χ0) is 22.8. The number of nitrogens with one attached hydrogen (secondary N) is 2. The standard InChI is InChI=1S/C27H22N4O2/c1-2-23(19-8-9-21-15-28-31-25(21)14-19)27(20-10-11-24-22(13-20)16-29-30-24)18-6-3-17(4-7-18)5-12-26(32)33/h3-16H,2H2,1H3,(H,28,31)(H,29,30)(H,32,33). The van der Waals surface area contributed by atoms with Gasteiger partial charge in [0.25, 0.3) is 0 Å². The third-order valence-electron chi connectivity index (χ3n) is 5.79. The number of hydrogen-bond donors (Lipinski definition) is 3. The fourth-order valence-electron chi connectivity index (χ4n) is 4.19. The minimum atomic E-state index is -0.962. The van der Waals surface area contributed by atoms with Gasteiger partial charge in [0, 0.05) is 16.8 Å². The van der Waals surface area contributed by atoms with Crippen molar-refractivity contribution < 1.29 is 9.90 Å². The van der Waals surface area contributed by atoms with Gasteiger partial charge in [-0.05, 0) is 64.1 Å². The zero-order valence-corrected chi connectivity index (χ0v) is 18.0. The summed E-state index contributed by atoms with van der Waals surface area (Å²) in [5.74, 6) is -0.962. The van der Waals surface area contributed by atoms with Crippen molar-refractivity contribution in [3.05, 3.63) is 101 Å². The van der Waals surface area contributed by atoms with Gasteiger partial charge in [0.1, 0.15) is 0 Å².